The smallest absolute Gasteiger partial charge is 0.255 e. The monoisotopic (exact) mass is 398 g/mol. The lowest BCUT2D eigenvalue weighted by atomic mass is 10.2. The number of aromatic nitrogens is 1. The van der Waals surface area contributed by atoms with E-state index in [9.17, 15) is 9.18 Å². The first kappa shape index (κ1) is 20.0. The van der Waals surface area contributed by atoms with Gasteiger partial charge in [0.25, 0.3) is 5.91 Å². The van der Waals surface area contributed by atoms with Crippen LogP contribution in [0.25, 0.3) is 10.2 Å². The number of allylic oxidation sites excluding steroid dienone is 2. The summed E-state index contributed by atoms with van der Waals surface area (Å²) in [7, 11) is 0. The Hall–Kier alpha value is -2.73. The number of carbonyl (C=O) groups is 1. The molecule has 0 spiro atoms. The lowest BCUT2D eigenvalue weighted by Crippen LogP contribution is -2.13. The van der Waals surface area contributed by atoms with E-state index >= 15 is 0 Å². The number of carbonyl (C=O) groups excluding carboxylic acids is 1. The highest BCUT2D eigenvalue weighted by Gasteiger charge is 2.14. The SMILES string of the molecule is CCC=CCCCOc1cccc(NC(=O)c2ccc3nc(C)sc3c2)c1F. The standard InChI is InChI=1S/C22H23FN2O2S/c1-3-4-5-6-7-13-27-19-10-8-9-18(21(19)23)25-22(26)16-11-12-17-20(14-16)28-15(2)24-17/h4-5,8-12,14H,3,6-7,13H2,1-2H3,(H,25,26). The minimum Gasteiger partial charge on any atom is -0.490 e. The fraction of sp³-hybridized carbons (Fsp3) is 0.273. The number of amides is 1. The quantitative estimate of drug-likeness (QED) is 0.367. The number of ether oxygens (including phenoxy) is 1. The van der Waals surface area contributed by atoms with E-state index in [2.05, 4.69) is 29.4 Å². The number of aryl methyl sites for hydroxylation is 1. The van der Waals surface area contributed by atoms with Crippen LogP contribution in [0.5, 0.6) is 5.75 Å². The highest BCUT2D eigenvalue weighted by atomic mass is 32.1. The van der Waals surface area contributed by atoms with Crippen LogP contribution in [-0.2, 0) is 0 Å². The fourth-order valence-corrected chi connectivity index (χ4v) is 3.63. The lowest BCUT2D eigenvalue weighted by molar-refractivity contribution is 0.102. The predicted octanol–water partition coefficient (Wildman–Crippen LogP) is 6.12. The minimum absolute atomic E-state index is 0.106. The van der Waals surface area contributed by atoms with Crippen molar-refractivity contribution in [1.29, 1.82) is 0 Å². The molecule has 3 aromatic rings. The normalized spacial score (nSPS) is 11.2. The molecule has 0 aliphatic heterocycles. The number of hydrogen-bond donors (Lipinski definition) is 1. The summed E-state index contributed by atoms with van der Waals surface area (Å²) in [6.07, 6.45) is 6.90. The number of hydrogen-bond acceptors (Lipinski definition) is 4. The molecule has 0 saturated heterocycles. The first-order valence-corrected chi connectivity index (χ1v) is 10.1. The molecule has 3 rings (SSSR count). The Morgan fingerprint density at radius 3 is 2.96 bits per heavy atom. The molecule has 0 aliphatic rings. The number of unbranched alkanes of at least 4 members (excludes halogenated alkanes) is 1. The van der Waals surface area contributed by atoms with Crippen LogP contribution in [-0.4, -0.2) is 17.5 Å². The predicted molar refractivity (Wildman–Crippen MR) is 113 cm³/mol. The van der Waals surface area contributed by atoms with Crippen LogP contribution < -0.4 is 10.1 Å². The summed E-state index contributed by atoms with van der Waals surface area (Å²) in [5.41, 5.74) is 1.42. The van der Waals surface area contributed by atoms with Crippen molar-refractivity contribution >= 4 is 33.1 Å². The molecular formula is C22H23FN2O2S. The number of rotatable bonds is 8. The molecule has 4 nitrogen and oxygen atoms in total. The maximum atomic E-state index is 14.7. The second-order valence-corrected chi connectivity index (χ2v) is 7.59. The molecule has 0 saturated carbocycles. The van der Waals surface area contributed by atoms with Gasteiger partial charge in [-0.3, -0.25) is 4.79 Å². The van der Waals surface area contributed by atoms with E-state index in [4.69, 9.17) is 4.74 Å². The Morgan fingerprint density at radius 2 is 2.14 bits per heavy atom. The van der Waals surface area contributed by atoms with Crippen molar-refractivity contribution in [3.63, 3.8) is 0 Å². The Balaban J connectivity index is 1.65. The van der Waals surface area contributed by atoms with E-state index in [1.54, 1.807) is 30.3 Å². The van der Waals surface area contributed by atoms with E-state index in [-0.39, 0.29) is 17.3 Å². The van der Waals surface area contributed by atoms with Crippen LogP contribution in [0.15, 0.2) is 48.6 Å². The Bertz CT molecular complexity index is 997. The van der Waals surface area contributed by atoms with Gasteiger partial charge in [-0.25, -0.2) is 9.37 Å². The Morgan fingerprint density at radius 1 is 1.29 bits per heavy atom. The van der Waals surface area contributed by atoms with Crippen molar-refractivity contribution in [2.75, 3.05) is 11.9 Å². The third kappa shape index (κ3) is 4.95. The molecular weight excluding hydrogens is 375 g/mol. The maximum Gasteiger partial charge on any atom is 0.255 e. The number of thiazole rings is 1. The number of anilines is 1. The zero-order valence-corrected chi connectivity index (χ0v) is 16.8. The molecule has 6 heteroatoms. The summed E-state index contributed by atoms with van der Waals surface area (Å²) in [5.74, 6) is -0.783. The maximum absolute atomic E-state index is 14.7. The van der Waals surface area contributed by atoms with Crippen molar-refractivity contribution in [3.8, 4) is 5.75 Å². The van der Waals surface area contributed by atoms with E-state index in [1.165, 1.54) is 17.4 Å². The minimum atomic E-state index is -0.560. The molecule has 0 unspecified atom stereocenters. The van der Waals surface area contributed by atoms with Crippen molar-refractivity contribution < 1.29 is 13.9 Å². The Labute approximate surface area is 168 Å². The van der Waals surface area contributed by atoms with Crippen molar-refractivity contribution in [1.82, 2.24) is 4.98 Å². The number of nitrogens with zero attached hydrogens (tertiary/aromatic N) is 1. The van der Waals surface area contributed by atoms with Gasteiger partial charge in [0.05, 0.1) is 27.5 Å². The first-order chi connectivity index (χ1) is 13.6. The van der Waals surface area contributed by atoms with Gasteiger partial charge in [0, 0.05) is 5.56 Å². The second kappa shape index (κ2) is 9.46. The average Bonchev–Trinajstić information content (AvgIpc) is 3.06. The van der Waals surface area contributed by atoms with Gasteiger partial charge in [-0.05, 0) is 56.5 Å². The topological polar surface area (TPSA) is 51.2 Å². The van der Waals surface area contributed by atoms with Gasteiger partial charge in [0.2, 0.25) is 0 Å². The highest BCUT2D eigenvalue weighted by Crippen LogP contribution is 2.26. The van der Waals surface area contributed by atoms with E-state index in [1.807, 2.05) is 6.92 Å². The van der Waals surface area contributed by atoms with Crippen LogP contribution in [0.1, 0.15) is 41.6 Å². The zero-order chi connectivity index (χ0) is 19.9. The molecule has 0 radical (unpaired) electrons. The number of nitrogens with one attached hydrogen (secondary N) is 1. The van der Waals surface area contributed by atoms with Crippen LogP contribution in [0.4, 0.5) is 10.1 Å². The van der Waals surface area contributed by atoms with Crippen LogP contribution >= 0.6 is 11.3 Å². The summed E-state index contributed by atoms with van der Waals surface area (Å²) in [5, 5.41) is 3.57. The van der Waals surface area contributed by atoms with Gasteiger partial charge in [0.1, 0.15) is 0 Å². The molecule has 2 aromatic carbocycles. The number of benzene rings is 2. The molecule has 1 N–H and O–H groups in total. The zero-order valence-electron chi connectivity index (χ0n) is 16.0. The summed E-state index contributed by atoms with van der Waals surface area (Å²) in [4.78, 5) is 16.9. The second-order valence-electron chi connectivity index (χ2n) is 6.36. The number of fused-ring (bicyclic) bond motifs is 1. The van der Waals surface area contributed by atoms with Crippen molar-refractivity contribution in [2.24, 2.45) is 0 Å². The molecule has 0 atom stereocenters. The third-order valence-electron chi connectivity index (χ3n) is 4.14. The molecule has 1 amide bonds. The van der Waals surface area contributed by atoms with E-state index in [0.29, 0.717) is 12.2 Å². The highest BCUT2D eigenvalue weighted by molar-refractivity contribution is 7.18. The van der Waals surface area contributed by atoms with Crippen LogP contribution in [0.2, 0.25) is 0 Å². The van der Waals surface area contributed by atoms with E-state index < -0.39 is 5.82 Å². The van der Waals surface area contributed by atoms with Crippen LogP contribution in [0, 0.1) is 12.7 Å². The summed E-state index contributed by atoms with van der Waals surface area (Å²) < 4.78 is 21.1. The van der Waals surface area contributed by atoms with Gasteiger partial charge < -0.3 is 10.1 Å². The van der Waals surface area contributed by atoms with Crippen molar-refractivity contribution in [2.45, 2.75) is 33.1 Å². The molecule has 0 fully saturated rings. The van der Waals surface area contributed by atoms with E-state index in [0.717, 1.165) is 34.5 Å². The molecule has 1 aromatic heterocycles. The molecule has 28 heavy (non-hydrogen) atoms. The van der Waals surface area contributed by atoms with Gasteiger partial charge in [0.15, 0.2) is 11.6 Å². The summed E-state index contributed by atoms with van der Waals surface area (Å²) in [6.45, 7) is 4.42. The van der Waals surface area contributed by atoms with Gasteiger partial charge >= 0.3 is 0 Å². The largest absolute Gasteiger partial charge is 0.490 e. The third-order valence-corrected chi connectivity index (χ3v) is 5.08. The van der Waals surface area contributed by atoms with Gasteiger partial charge in [-0.1, -0.05) is 25.1 Å². The average molecular weight is 399 g/mol. The summed E-state index contributed by atoms with van der Waals surface area (Å²) in [6, 6.07) is 10.0. The van der Waals surface area contributed by atoms with Crippen molar-refractivity contribution in [3.05, 3.63) is 64.9 Å². The lowest BCUT2D eigenvalue weighted by Gasteiger charge is -2.11. The number of halogens is 1. The fourth-order valence-electron chi connectivity index (χ4n) is 2.76. The van der Waals surface area contributed by atoms with Gasteiger partial charge in [-0.2, -0.15) is 0 Å². The summed E-state index contributed by atoms with van der Waals surface area (Å²) >= 11 is 1.52. The molecule has 1 heterocycles. The molecule has 146 valence electrons. The Kier molecular flexibility index (Phi) is 6.76. The first-order valence-electron chi connectivity index (χ1n) is 9.33. The van der Waals surface area contributed by atoms with Gasteiger partial charge in [-0.15, -0.1) is 11.3 Å². The van der Waals surface area contributed by atoms with Crippen LogP contribution in [0.3, 0.4) is 0 Å². The molecule has 0 bridgehead atoms. The molecule has 0 aliphatic carbocycles.